The molecule has 2 rings (SSSR count). The van der Waals surface area contributed by atoms with Crippen molar-refractivity contribution in [3.8, 4) is 0 Å². The lowest BCUT2D eigenvalue weighted by molar-refractivity contribution is 0.194. The Kier molecular flexibility index (Phi) is 5.23. The maximum Gasteiger partial charge on any atom is 0.0492 e. The normalized spacial score (nSPS) is 11.2. The van der Waals surface area contributed by atoms with Crippen molar-refractivity contribution < 1.29 is 4.74 Å². The molecule has 0 spiro atoms. The summed E-state index contributed by atoms with van der Waals surface area (Å²) in [6.45, 7) is 3.82. The number of rotatable bonds is 7. The Morgan fingerprint density at radius 1 is 1.28 bits per heavy atom. The molecule has 0 aliphatic carbocycles. The van der Waals surface area contributed by atoms with Crippen molar-refractivity contribution >= 4 is 26.8 Å². The first kappa shape index (κ1) is 13.6. The summed E-state index contributed by atoms with van der Waals surface area (Å²) in [5, 5.41) is 4.71. The highest BCUT2D eigenvalue weighted by molar-refractivity contribution is 9.10. The van der Waals surface area contributed by atoms with E-state index >= 15 is 0 Å². The second-order valence-electron chi connectivity index (χ2n) is 4.31. The Balaban J connectivity index is 1.86. The largest absolute Gasteiger partial charge is 0.385 e. The van der Waals surface area contributed by atoms with Crippen molar-refractivity contribution in [1.29, 1.82) is 0 Å². The van der Waals surface area contributed by atoms with Crippen LogP contribution in [-0.2, 0) is 11.3 Å². The maximum absolute atomic E-state index is 5.01. The van der Waals surface area contributed by atoms with Crippen molar-refractivity contribution in [2.45, 2.75) is 13.0 Å². The molecule has 0 aliphatic rings. The Bertz CT molecular complexity index is 495. The van der Waals surface area contributed by atoms with Crippen LogP contribution in [0.15, 0.2) is 34.9 Å². The molecule has 1 heterocycles. The fourth-order valence-corrected chi connectivity index (χ4v) is 2.37. The van der Waals surface area contributed by atoms with Gasteiger partial charge in [-0.15, -0.1) is 0 Å². The van der Waals surface area contributed by atoms with Gasteiger partial charge >= 0.3 is 0 Å². The van der Waals surface area contributed by atoms with Gasteiger partial charge in [-0.2, -0.15) is 0 Å². The van der Waals surface area contributed by atoms with Crippen LogP contribution in [0, 0.1) is 0 Å². The van der Waals surface area contributed by atoms with Gasteiger partial charge in [0, 0.05) is 43.0 Å². The standard InChI is InChI=1S/C14H19BrN2O/c1-18-10-2-6-16-7-9-17-8-5-12-3-4-13(15)11-14(12)17/h3-5,8,11,16H,2,6-7,9-10H2,1H3. The van der Waals surface area contributed by atoms with Gasteiger partial charge in [0.2, 0.25) is 0 Å². The van der Waals surface area contributed by atoms with Crippen LogP contribution in [0.3, 0.4) is 0 Å². The van der Waals surface area contributed by atoms with Crippen molar-refractivity contribution in [1.82, 2.24) is 9.88 Å². The van der Waals surface area contributed by atoms with Gasteiger partial charge in [0.1, 0.15) is 0 Å². The summed E-state index contributed by atoms with van der Waals surface area (Å²) >= 11 is 3.52. The number of hydrogen-bond acceptors (Lipinski definition) is 2. The number of fused-ring (bicyclic) bond motifs is 1. The molecule has 0 saturated carbocycles. The number of benzene rings is 1. The molecule has 0 atom stereocenters. The fraction of sp³-hybridized carbons (Fsp3) is 0.429. The summed E-state index contributed by atoms with van der Waals surface area (Å²) in [5.41, 5.74) is 1.28. The number of nitrogens with one attached hydrogen (secondary N) is 1. The first-order valence-electron chi connectivity index (χ1n) is 6.25. The Hall–Kier alpha value is -0.840. The zero-order chi connectivity index (χ0) is 12.8. The van der Waals surface area contributed by atoms with Crippen LogP contribution in [0.25, 0.3) is 10.9 Å². The molecular formula is C14H19BrN2O. The Morgan fingerprint density at radius 3 is 3.00 bits per heavy atom. The molecular weight excluding hydrogens is 292 g/mol. The maximum atomic E-state index is 5.01. The minimum absolute atomic E-state index is 0.826. The molecule has 1 N–H and O–H groups in total. The quantitative estimate of drug-likeness (QED) is 0.796. The van der Waals surface area contributed by atoms with Crippen molar-refractivity contribution in [2.24, 2.45) is 0 Å². The summed E-state index contributed by atoms with van der Waals surface area (Å²) in [7, 11) is 1.74. The molecule has 18 heavy (non-hydrogen) atoms. The number of hydrogen-bond donors (Lipinski definition) is 1. The number of nitrogens with zero attached hydrogens (tertiary/aromatic N) is 1. The van der Waals surface area contributed by atoms with Crippen molar-refractivity contribution in [3.63, 3.8) is 0 Å². The molecule has 4 heteroatoms. The van der Waals surface area contributed by atoms with Crippen LogP contribution in [-0.4, -0.2) is 31.4 Å². The second kappa shape index (κ2) is 6.92. The van der Waals surface area contributed by atoms with Gasteiger partial charge < -0.3 is 14.6 Å². The average molecular weight is 311 g/mol. The molecule has 98 valence electrons. The second-order valence-corrected chi connectivity index (χ2v) is 5.22. The molecule has 0 saturated heterocycles. The van der Waals surface area contributed by atoms with E-state index in [9.17, 15) is 0 Å². The summed E-state index contributed by atoms with van der Waals surface area (Å²) < 4.78 is 8.42. The third-order valence-electron chi connectivity index (χ3n) is 2.97. The summed E-state index contributed by atoms with van der Waals surface area (Å²) in [5.74, 6) is 0. The lowest BCUT2D eigenvalue weighted by atomic mass is 10.2. The first-order valence-corrected chi connectivity index (χ1v) is 7.04. The first-order chi connectivity index (χ1) is 8.81. The number of ether oxygens (including phenoxy) is 1. The van der Waals surface area contributed by atoms with Gasteiger partial charge in [-0.25, -0.2) is 0 Å². The number of halogens is 1. The van der Waals surface area contributed by atoms with Crippen LogP contribution in [0.5, 0.6) is 0 Å². The molecule has 0 fully saturated rings. The van der Waals surface area contributed by atoms with E-state index in [0.717, 1.165) is 37.1 Å². The molecule has 1 aromatic heterocycles. The van der Waals surface area contributed by atoms with Gasteiger partial charge in [0.15, 0.2) is 0 Å². The Morgan fingerprint density at radius 2 is 2.17 bits per heavy atom. The minimum Gasteiger partial charge on any atom is -0.385 e. The van der Waals surface area contributed by atoms with Crippen LogP contribution in [0.4, 0.5) is 0 Å². The van der Waals surface area contributed by atoms with E-state index in [0.29, 0.717) is 0 Å². The molecule has 0 unspecified atom stereocenters. The number of aromatic nitrogens is 1. The van der Waals surface area contributed by atoms with E-state index in [2.05, 4.69) is 56.3 Å². The molecule has 3 nitrogen and oxygen atoms in total. The van der Waals surface area contributed by atoms with Gasteiger partial charge in [-0.05, 0) is 36.6 Å². The van der Waals surface area contributed by atoms with E-state index in [-0.39, 0.29) is 0 Å². The van der Waals surface area contributed by atoms with E-state index in [4.69, 9.17) is 4.74 Å². The summed E-state index contributed by atoms with van der Waals surface area (Å²) in [6, 6.07) is 8.55. The monoisotopic (exact) mass is 310 g/mol. The smallest absolute Gasteiger partial charge is 0.0492 e. The Labute approximate surface area is 116 Å². The van der Waals surface area contributed by atoms with Crippen LogP contribution in [0.1, 0.15) is 6.42 Å². The van der Waals surface area contributed by atoms with Crippen LogP contribution >= 0.6 is 15.9 Å². The predicted molar refractivity (Wildman–Crippen MR) is 79.0 cm³/mol. The van der Waals surface area contributed by atoms with Crippen LogP contribution < -0.4 is 5.32 Å². The summed E-state index contributed by atoms with van der Waals surface area (Å²) in [4.78, 5) is 0. The van der Waals surface area contributed by atoms with Gasteiger partial charge in [-0.3, -0.25) is 0 Å². The van der Waals surface area contributed by atoms with Gasteiger partial charge in [0.05, 0.1) is 0 Å². The van der Waals surface area contributed by atoms with Crippen molar-refractivity contribution in [3.05, 3.63) is 34.9 Å². The predicted octanol–water partition coefficient (Wildman–Crippen LogP) is 3.03. The molecule has 0 aliphatic heterocycles. The molecule has 1 aromatic carbocycles. The van der Waals surface area contributed by atoms with Crippen LogP contribution in [0.2, 0.25) is 0 Å². The third kappa shape index (κ3) is 3.57. The van der Waals surface area contributed by atoms with E-state index in [1.165, 1.54) is 10.9 Å². The van der Waals surface area contributed by atoms with E-state index < -0.39 is 0 Å². The molecule has 0 radical (unpaired) electrons. The topological polar surface area (TPSA) is 26.2 Å². The molecule has 0 bridgehead atoms. The number of methoxy groups -OCH3 is 1. The lowest BCUT2D eigenvalue weighted by Crippen LogP contribution is -2.21. The third-order valence-corrected chi connectivity index (χ3v) is 3.46. The fourth-order valence-electron chi connectivity index (χ4n) is 2.02. The zero-order valence-corrected chi connectivity index (χ0v) is 12.2. The molecule has 2 aromatic rings. The van der Waals surface area contributed by atoms with Gasteiger partial charge in [-0.1, -0.05) is 22.0 Å². The average Bonchev–Trinajstić information content (AvgIpc) is 2.76. The van der Waals surface area contributed by atoms with Gasteiger partial charge in [0.25, 0.3) is 0 Å². The summed E-state index contributed by atoms with van der Waals surface area (Å²) in [6.07, 6.45) is 3.21. The van der Waals surface area contributed by atoms with E-state index in [1.807, 2.05) is 0 Å². The highest BCUT2D eigenvalue weighted by Gasteiger charge is 2.00. The lowest BCUT2D eigenvalue weighted by Gasteiger charge is -2.07. The highest BCUT2D eigenvalue weighted by atomic mass is 79.9. The minimum atomic E-state index is 0.826. The molecule has 0 amide bonds. The van der Waals surface area contributed by atoms with E-state index in [1.54, 1.807) is 7.11 Å². The zero-order valence-electron chi connectivity index (χ0n) is 10.7. The SMILES string of the molecule is COCCCNCCn1ccc2ccc(Br)cc21. The highest BCUT2D eigenvalue weighted by Crippen LogP contribution is 2.20. The van der Waals surface area contributed by atoms with Crippen molar-refractivity contribution in [2.75, 3.05) is 26.8 Å².